The van der Waals surface area contributed by atoms with Gasteiger partial charge in [0.2, 0.25) is 5.69 Å². The van der Waals surface area contributed by atoms with Gasteiger partial charge in [0, 0.05) is 64.2 Å². The molecule has 0 saturated heterocycles. The first-order valence-corrected chi connectivity index (χ1v) is 14.7. The van der Waals surface area contributed by atoms with E-state index in [2.05, 4.69) is 73.6 Å². The quantitative estimate of drug-likeness (QED) is 0.198. The van der Waals surface area contributed by atoms with Crippen molar-refractivity contribution in [3.63, 3.8) is 0 Å². The van der Waals surface area contributed by atoms with Crippen molar-refractivity contribution in [3.05, 3.63) is 106 Å². The van der Waals surface area contributed by atoms with E-state index in [1.165, 1.54) is 5.56 Å². The largest absolute Gasteiger partial charge is 0.507 e. The van der Waals surface area contributed by atoms with E-state index < -0.39 is 11.4 Å². The maximum absolute atomic E-state index is 11.6. The van der Waals surface area contributed by atoms with Gasteiger partial charge in [0.05, 0.1) is 5.41 Å². The van der Waals surface area contributed by atoms with Gasteiger partial charge in [-0.1, -0.05) is 56.7 Å². The second kappa shape index (κ2) is 11.1. The van der Waals surface area contributed by atoms with E-state index in [0.29, 0.717) is 29.7 Å². The molecule has 7 heteroatoms. The molecule has 2 N–H and O–H groups in total. The maximum Gasteiger partial charge on any atom is 0.303 e. The molecule has 1 aliphatic carbocycles. The molecule has 0 saturated carbocycles. The number of hydrogen-bond acceptors (Lipinski definition) is 5. The number of carbonyl (C=O) groups is 1. The molecule has 0 aromatic heterocycles. The number of carboxylic acids is 1. The molecular formula is C36H37N4O3+. The highest BCUT2D eigenvalue weighted by Crippen LogP contribution is 2.51. The van der Waals surface area contributed by atoms with E-state index in [-0.39, 0.29) is 23.2 Å². The van der Waals surface area contributed by atoms with Crippen LogP contribution in [0.1, 0.15) is 64.5 Å². The van der Waals surface area contributed by atoms with Gasteiger partial charge in [0.15, 0.2) is 5.71 Å². The maximum atomic E-state index is 11.6. The Hall–Kier alpha value is -4.88. The number of rotatable bonds is 8. The summed E-state index contributed by atoms with van der Waals surface area (Å²) in [6.07, 6.45) is 6.18. The first kappa shape index (κ1) is 29.6. The van der Waals surface area contributed by atoms with Gasteiger partial charge in [0.1, 0.15) is 30.5 Å². The Morgan fingerprint density at radius 3 is 2.23 bits per heavy atom. The van der Waals surface area contributed by atoms with Gasteiger partial charge in [-0.3, -0.25) is 4.79 Å². The smallest absolute Gasteiger partial charge is 0.303 e. The molecule has 0 unspecified atom stereocenters. The molecule has 2 aromatic rings. The van der Waals surface area contributed by atoms with Gasteiger partial charge in [-0.25, -0.2) is 0 Å². The minimum atomic E-state index is -0.788. The summed E-state index contributed by atoms with van der Waals surface area (Å²) < 4.78 is 2.10. The van der Waals surface area contributed by atoms with E-state index in [1.54, 1.807) is 0 Å². The highest BCUT2D eigenvalue weighted by Gasteiger charge is 2.46. The molecule has 3 aliphatic rings. The average Bonchev–Trinajstić information content (AvgIpc) is 3.31. The van der Waals surface area contributed by atoms with Crippen LogP contribution in [0.4, 0.5) is 11.4 Å². The molecule has 43 heavy (non-hydrogen) atoms. The minimum Gasteiger partial charge on any atom is -0.507 e. The fourth-order valence-electron chi connectivity index (χ4n) is 6.75. The van der Waals surface area contributed by atoms with Crippen molar-refractivity contribution in [2.24, 2.45) is 0 Å². The van der Waals surface area contributed by atoms with Crippen LogP contribution in [-0.2, 0) is 15.6 Å². The number of aliphatic hydroxyl groups is 1. The lowest BCUT2D eigenvalue weighted by Crippen LogP contribution is -2.30. The molecule has 5 rings (SSSR count). The fraction of sp³-hybridized carbons (Fsp3) is 0.333. The van der Waals surface area contributed by atoms with Crippen molar-refractivity contribution in [3.8, 4) is 12.1 Å². The standard InChI is InChI=1S/C36H36N4O3/c1-35(2)26-13-8-10-15-28(26)39(5)30(35)19-24-33(23(21-37)22-38)25(34(24)43)20-31-36(3,4)27-14-9-11-16-29(27)40(31)18-12-6-7-17-32(41)42/h8-11,13-16,19-20H,6-7,12,17-18H2,1-5H3,(H-,41,42,43)/p+1. The molecule has 0 amide bonds. The predicted molar refractivity (Wildman–Crippen MR) is 167 cm³/mol. The summed E-state index contributed by atoms with van der Waals surface area (Å²) in [6.45, 7) is 9.22. The Labute approximate surface area is 253 Å². The van der Waals surface area contributed by atoms with Crippen molar-refractivity contribution < 1.29 is 19.6 Å². The summed E-state index contributed by atoms with van der Waals surface area (Å²) in [5.74, 6) is -0.727. The third kappa shape index (κ3) is 4.85. The predicted octanol–water partition coefficient (Wildman–Crippen LogP) is 7.12. The highest BCUT2D eigenvalue weighted by atomic mass is 16.4. The van der Waals surface area contributed by atoms with Gasteiger partial charge >= 0.3 is 5.97 Å². The number of aliphatic carboxylic acids is 1. The molecule has 0 spiro atoms. The van der Waals surface area contributed by atoms with Gasteiger partial charge < -0.3 is 15.1 Å². The summed E-state index contributed by atoms with van der Waals surface area (Å²) in [7, 11) is 1.99. The number of para-hydroxylation sites is 2. The van der Waals surface area contributed by atoms with Crippen LogP contribution in [0.3, 0.4) is 0 Å². The average molecular weight is 574 g/mol. The molecule has 0 fully saturated rings. The van der Waals surface area contributed by atoms with Gasteiger partial charge in [-0.2, -0.15) is 15.1 Å². The zero-order valence-electron chi connectivity index (χ0n) is 25.4. The van der Waals surface area contributed by atoms with E-state index in [9.17, 15) is 20.4 Å². The van der Waals surface area contributed by atoms with E-state index in [4.69, 9.17) is 5.11 Å². The molecular weight excluding hydrogens is 536 g/mol. The van der Waals surface area contributed by atoms with Crippen molar-refractivity contribution >= 4 is 23.1 Å². The molecule has 0 bridgehead atoms. The first-order valence-electron chi connectivity index (χ1n) is 14.7. The molecule has 0 radical (unpaired) electrons. The summed E-state index contributed by atoms with van der Waals surface area (Å²) >= 11 is 0. The van der Waals surface area contributed by atoms with Crippen LogP contribution in [0.25, 0.3) is 0 Å². The van der Waals surface area contributed by atoms with E-state index >= 15 is 0 Å². The number of aliphatic hydroxyl groups excluding tert-OH is 1. The number of fused-ring (bicyclic) bond motifs is 2. The number of anilines is 1. The van der Waals surface area contributed by atoms with E-state index in [0.717, 1.165) is 41.2 Å². The second-order valence-electron chi connectivity index (χ2n) is 12.4. The summed E-state index contributed by atoms with van der Waals surface area (Å²) in [5.41, 5.74) is 7.03. The number of carboxylic acid groups (broad SMARTS) is 1. The van der Waals surface area contributed by atoms with Crippen LogP contribution in [0.15, 0.2) is 94.4 Å². The van der Waals surface area contributed by atoms with Crippen LogP contribution in [0.2, 0.25) is 0 Å². The SMILES string of the molecule is C[N+]1=C(C=C2C(O)=C(C=C3N(CCCCCC(=O)O)c4ccccc4C3(C)C)C2=C(C#N)C#N)C(C)(C)c2ccccc21. The summed E-state index contributed by atoms with van der Waals surface area (Å²) in [5, 5.41) is 40.5. The lowest BCUT2D eigenvalue weighted by molar-refractivity contribution is -0.401. The van der Waals surface area contributed by atoms with Gasteiger partial charge in [-0.15, -0.1) is 0 Å². The number of hydrogen-bond donors (Lipinski definition) is 2. The van der Waals surface area contributed by atoms with Crippen LogP contribution >= 0.6 is 0 Å². The lowest BCUT2D eigenvalue weighted by Gasteiger charge is -2.31. The van der Waals surface area contributed by atoms with Crippen LogP contribution in [-0.4, -0.2) is 40.1 Å². The zero-order valence-corrected chi connectivity index (χ0v) is 25.4. The van der Waals surface area contributed by atoms with Gasteiger partial charge in [-0.05, 0) is 44.4 Å². The normalized spacial score (nSPS) is 19.7. The first-order chi connectivity index (χ1) is 20.4. The third-order valence-electron chi connectivity index (χ3n) is 9.10. The van der Waals surface area contributed by atoms with Crippen LogP contribution in [0.5, 0.6) is 0 Å². The Bertz CT molecular complexity index is 1750. The topological polar surface area (TPSA) is 111 Å². The number of nitriles is 2. The van der Waals surface area contributed by atoms with Crippen molar-refractivity contribution in [1.29, 1.82) is 10.5 Å². The molecule has 218 valence electrons. The summed E-state index contributed by atoms with van der Waals surface area (Å²) in [4.78, 5) is 13.2. The molecule has 2 aromatic carbocycles. The zero-order chi connectivity index (χ0) is 31.1. The van der Waals surface area contributed by atoms with Gasteiger partial charge in [0.25, 0.3) is 0 Å². The fourth-order valence-corrected chi connectivity index (χ4v) is 6.75. The minimum absolute atomic E-state index is 0.0407. The Balaban J connectivity index is 1.60. The second-order valence-corrected chi connectivity index (χ2v) is 12.4. The number of unbranched alkanes of at least 4 members (excludes halogenated alkanes) is 2. The third-order valence-corrected chi connectivity index (χ3v) is 9.10. The number of benzene rings is 2. The highest BCUT2D eigenvalue weighted by molar-refractivity contribution is 6.05. The molecule has 0 atom stereocenters. The molecule has 2 heterocycles. The number of nitrogens with zero attached hydrogens (tertiary/aromatic N) is 4. The van der Waals surface area contributed by atoms with Crippen LogP contribution in [0, 0.1) is 22.7 Å². The Kier molecular flexibility index (Phi) is 7.63. The van der Waals surface area contributed by atoms with Crippen molar-refractivity contribution in [2.75, 3.05) is 18.5 Å². The Morgan fingerprint density at radius 2 is 1.58 bits per heavy atom. The monoisotopic (exact) mass is 573 g/mol. The van der Waals surface area contributed by atoms with Crippen molar-refractivity contribution in [2.45, 2.75) is 64.2 Å². The number of allylic oxidation sites excluding steroid dienone is 6. The molecule has 2 aliphatic heterocycles. The Morgan fingerprint density at radius 1 is 0.930 bits per heavy atom. The summed E-state index contributed by atoms with van der Waals surface area (Å²) in [6, 6.07) is 20.5. The molecule has 7 nitrogen and oxygen atoms in total. The van der Waals surface area contributed by atoms with Crippen LogP contribution < -0.4 is 4.90 Å². The van der Waals surface area contributed by atoms with Crippen molar-refractivity contribution in [1.82, 2.24) is 0 Å². The lowest BCUT2D eigenvalue weighted by atomic mass is 9.74. The van der Waals surface area contributed by atoms with E-state index in [1.807, 2.05) is 43.5 Å².